The van der Waals surface area contributed by atoms with Crippen molar-refractivity contribution in [3.8, 4) is 11.5 Å². The molecule has 2 N–H and O–H groups in total. The van der Waals surface area contributed by atoms with Crippen LogP contribution in [0.5, 0.6) is 11.5 Å². The molecular formula is C27H41NO8. The fourth-order valence-corrected chi connectivity index (χ4v) is 2.85. The summed E-state index contributed by atoms with van der Waals surface area (Å²) in [7, 11) is 0. The van der Waals surface area contributed by atoms with Crippen molar-refractivity contribution in [1.82, 2.24) is 0 Å². The second-order valence-corrected chi connectivity index (χ2v) is 9.96. The maximum atomic E-state index is 12.6. The van der Waals surface area contributed by atoms with Gasteiger partial charge in [0.25, 0.3) is 0 Å². The lowest BCUT2D eigenvalue weighted by Gasteiger charge is -2.22. The van der Waals surface area contributed by atoms with Gasteiger partial charge in [-0.2, -0.15) is 0 Å². The molecule has 9 nitrogen and oxygen atoms in total. The highest BCUT2D eigenvalue weighted by atomic mass is 16.6. The average Bonchev–Trinajstić information content (AvgIpc) is 2.78. The van der Waals surface area contributed by atoms with Crippen LogP contribution in [0.15, 0.2) is 18.2 Å². The monoisotopic (exact) mass is 507 g/mol. The third kappa shape index (κ3) is 9.60. The average molecular weight is 508 g/mol. The number of hydrogen-bond acceptors (Lipinski definition) is 9. The standard InChI is InChI=1S/C27H41NO8/c1-14(2)16(5)25(30)35-23-11-10-21(13-24(23)36-26(31)17(6)15(3)4)12-22(28)27(32)34-19(8)18(7)33-20(9)29/h10-11,13-19,22H,12,28H2,1-9H3/t16?,17?,18?,19-,22-/m0/s1. The maximum Gasteiger partial charge on any atom is 0.323 e. The Morgan fingerprint density at radius 2 is 1.19 bits per heavy atom. The Labute approximate surface area is 214 Å². The van der Waals surface area contributed by atoms with Crippen LogP contribution in [-0.2, 0) is 35.1 Å². The van der Waals surface area contributed by atoms with Crippen LogP contribution in [0.25, 0.3) is 0 Å². The fourth-order valence-electron chi connectivity index (χ4n) is 2.85. The molecule has 3 unspecified atom stereocenters. The van der Waals surface area contributed by atoms with Gasteiger partial charge < -0.3 is 24.7 Å². The van der Waals surface area contributed by atoms with Crippen molar-refractivity contribution in [1.29, 1.82) is 0 Å². The lowest BCUT2D eigenvalue weighted by Crippen LogP contribution is -2.39. The summed E-state index contributed by atoms with van der Waals surface area (Å²) < 4.78 is 21.5. The van der Waals surface area contributed by atoms with E-state index in [9.17, 15) is 19.2 Å². The SMILES string of the molecule is CC(=O)OC(C)[C@H](C)OC(=O)[C@@H](N)Cc1ccc(OC(=O)C(C)C(C)C)c(OC(=O)C(C)C(C)C)c1. The van der Waals surface area contributed by atoms with Gasteiger partial charge in [-0.1, -0.05) is 47.6 Å². The van der Waals surface area contributed by atoms with E-state index in [4.69, 9.17) is 24.7 Å². The van der Waals surface area contributed by atoms with Crippen molar-refractivity contribution in [2.45, 2.75) is 87.0 Å². The highest BCUT2D eigenvalue weighted by Crippen LogP contribution is 2.31. The molecule has 5 atom stereocenters. The molecule has 0 fully saturated rings. The van der Waals surface area contributed by atoms with E-state index in [1.807, 2.05) is 27.7 Å². The van der Waals surface area contributed by atoms with Crippen LogP contribution >= 0.6 is 0 Å². The first-order chi connectivity index (χ1) is 16.6. The Hall–Kier alpha value is -2.94. The molecule has 1 rings (SSSR count). The normalized spacial score (nSPS) is 15.4. The van der Waals surface area contributed by atoms with Gasteiger partial charge in [0.1, 0.15) is 18.2 Å². The summed E-state index contributed by atoms with van der Waals surface area (Å²) in [6.07, 6.45) is -1.24. The minimum absolute atomic E-state index is 0.0483. The Bertz CT molecular complexity index is 926. The van der Waals surface area contributed by atoms with Crippen molar-refractivity contribution < 1.29 is 38.1 Å². The predicted octanol–water partition coefficient (Wildman–Crippen LogP) is 3.83. The van der Waals surface area contributed by atoms with Gasteiger partial charge in [0.05, 0.1) is 11.8 Å². The van der Waals surface area contributed by atoms with Gasteiger partial charge in [-0.3, -0.25) is 19.2 Å². The van der Waals surface area contributed by atoms with E-state index in [0.717, 1.165) is 0 Å². The van der Waals surface area contributed by atoms with E-state index in [1.54, 1.807) is 33.8 Å². The molecule has 1 aromatic rings. The van der Waals surface area contributed by atoms with Gasteiger partial charge in [0.2, 0.25) is 0 Å². The lowest BCUT2D eigenvalue weighted by atomic mass is 9.98. The second-order valence-electron chi connectivity index (χ2n) is 9.96. The number of ether oxygens (including phenoxy) is 4. The summed E-state index contributed by atoms with van der Waals surface area (Å²) >= 11 is 0. The number of rotatable bonds is 12. The van der Waals surface area contributed by atoms with E-state index in [2.05, 4.69) is 0 Å². The molecule has 0 saturated heterocycles. The third-order valence-corrected chi connectivity index (χ3v) is 6.25. The molecule has 36 heavy (non-hydrogen) atoms. The Balaban J connectivity index is 3.09. The zero-order chi connectivity index (χ0) is 27.7. The predicted molar refractivity (Wildman–Crippen MR) is 134 cm³/mol. The summed E-state index contributed by atoms with van der Waals surface area (Å²) in [5, 5.41) is 0. The summed E-state index contributed by atoms with van der Waals surface area (Å²) in [5.41, 5.74) is 6.64. The zero-order valence-corrected chi connectivity index (χ0v) is 22.8. The van der Waals surface area contributed by atoms with E-state index in [-0.39, 0.29) is 41.6 Å². The zero-order valence-electron chi connectivity index (χ0n) is 22.8. The van der Waals surface area contributed by atoms with E-state index < -0.39 is 42.1 Å². The minimum Gasteiger partial charge on any atom is -0.459 e. The third-order valence-electron chi connectivity index (χ3n) is 6.25. The molecule has 202 valence electrons. The Morgan fingerprint density at radius 1 is 0.722 bits per heavy atom. The van der Waals surface area contributed by atoms with Gasteiger partial charge in [-0.15, -0.1) is 0 Å². The molecule has 0 aliphatic carbocycles. The van der Waals surface area contributed by atoms with Crippen LogP contribution in [0.1, 0.15) is 67.9 Å². The van der Waals surface area contributed by atoms with Crippen molar-refractivity contribution >= 4 is 23.9 Å². The Kier molecular flexibility index (Phi) is 12.1. The van der Waals surface area contributed by atoms with E-state index >= 15 is 0 Å². The first-order valence-corrected chi connectivity index (χ1v) is 12.3. The highest BCUT2D eigenvalue weighted by molar-refractivity contribution is 5.79. The minimum atomic E-state index is -1.02. The van der Waals surface area contributed by atoms with E-state index in [0.29, 0.717) is 5.56 Å². The largest absolute Gasteiger partial charge is 0.459 e. The van der Waals surface area contributed by atoms with Gasteiger partial charge in [-0.05, 0) is 49.8 Å². The maximum absolute atomic E-state index is 12.6. The number of hydrogen-bond donors (Lipinski definition) is 1. The Morgan fingerprint density at radius 3 is 1.67 bits per heavy atom. The lowest BCUT2D eigenvalue weighted by molar-refractivity contribution is -0.164. The molecule has 0 saturated carbocycles. The molecule has 9 heteroatoms. The first kappa shape index (κ1) is 31.1. The number of nitrogens with two attached hydrogens (primary N) is 1. The van der Waals surface area contributed by atoms with E-state index in [1.165, 1.54) is 19.1 Å². The van der Waals surface area contributed by atoms with Crippen molar-refractivity contribution in [3.63, 3.8) is 0 Å². The van der Waals surface area contributed by atoms with Crippen LogP contribution in [-0.4, -0.2) is 42.1 Å². The van der Waals surface area contributed by atoms with Gasteiger partial charge in [0, 0.05) is 6.92 Å². The quantitative estimate of drug-likeness (QED) is 0.331. The molecule has 1 aromatic carbocycles. The van der Waals surface area contributed by atoms with Crippen molar-refractivity contribution in [2.24, 2.45) is 29.4 Å². The van der Waals surface area contributed by atoms with Crippen molar-refractivity contribution in [2.75, 3.05) is 0 Å². The van der Waals surface area contributed by atoms with Crippen LogP contribution in [0, 0.1) is 23.7 Å². The van der Waals surface area contributed by atoms with Crippen LogP contribution in [0.2, 0.25) is 0 Å². The topological polar surface area (TPSA) is 131 Å². The molecule has 0 radical (unpaired) electrons. The summed E-state index contributed by atoms with van der Waals surface area (Å²) in [6.45, 7) is 15.6. The highest BCUT2D eigenvalue weighted by Gasteiger charge is 2.26. The van der Waals surface area contributed by atoms with Crippen LogP contribution in [0.3, 0.4) is 0 Å². The first-order valence-electron chi connectivity index (χ1n) is 12.3. The molecule has 0 aliphatic rings. The van der Waals surface area contributed by atoms with Crippen molar-refractivity contribution in [3.05, 3.63) is 23.8 Å². The van der Waals surface area contributed by atoms with Crippen LogP contribution in [0.4, 0.5) is 0 Å². The summed E-state index contributed by atoms with van der Waals surface area (Å²) in [6, 6.07) is 3.67. The second kappa shape index (κ2) is 14.0. The number of carbonyl (C=O) groups excluding carboxylic acids is 4. The number of carbonyl (C=O) groups is 4. The number of benzene rings is 1. The molecule has 0 aromatic heterocycles. The summed E-state index contributed by atoms with van der Waals surface area (Å²) in [4.78, 5) is 48.8. The molecule has 0 heterocycles. The molecule has 0 bridgehead atoms. The fraction of sp³-hybridized carbons (Fsp3) is 0.630. The smallest absolute Gasteiger partial charge is 0.323 e. The molecule has 0 amide bonds. The molecule has 0 aliphatic heterocycles. The summed E-state index contributed by atoms with van der Waals surface area (Å²) in [5.74, 6) is -2.50. The van der Waals surface area contributed by atoms with Gasteiger partial charge >= 0.3 is 23.9 Å². The molecule has 0 spiro atoms. The van der Waals surface area contributed by atoms with Gasteiger partial charge in [-0.25, -0.2) is 0 Å². The molecular weight excluding hydrogens is 466 g/mol. The van der Waals surface area contributed by atoms with Crippen LogP contribution < -0.4 is 15.2 Å². The van der Waals surface area contributed by atoms with Gasteiger partial charge in [0.15, 0.2) is 11.5 Å². The number of esters is 4.